The van der Waals surface area contributed by atoms with Crippen LogP contribution in [0, 0.1) is 0 Å². The standard InChI is InChI=1S/C23H29F3N4O/c1-2-27-22(28-15-18-6-8-21(9-7-18)23(24,25)26)29-16-19-4-3-5-20(14-19)17-30-10-12-31-13-11-30/h3-9,14H,2,10-13,15-17H2,1H3,(H2,27,28,29). The summed E-state index contributed by atoms with van der Waals surface area (Å²) < 4.78 is 43.5. The molecule has 0 radical (unpaired) electrons. The molecule has 0 unspecified atom stereocenters. The minimum Gasteiger partial charge on any atom is -0.379 e. The molecule has 1 fully saturated rings. The van der Waals surface area contributed by atoms with Crippen LogP contribution in [0.25, 0.3) is 0 Å². The summed E-state index contributed by atoms with van der Waals surface area (Å²) >= 11 is 0. The van der Waals surface area contributed by atoms with Crippen molar-refractivity contribution in [3.8, 4) is 0 Å². The molecule has 0 atom stereocenters. The van der Waals surface area contributed by atoms with E-state index in [1.54, 1.807) is 0 Å². The maximum absolute atomic E-state index is 12.7. The predicted octanol–water partition coefficient (Wildman–Crippen LogP) is 3.79. The Balaban J connectivity index is 1.57. The molecule has 0 saturated carbocycles. The van der Waals surface area contributed by atoms with Crippen LogP contribution in [0.5, 0.6) is 0 Å². The Hall–Kier alpha value is -2.58. The van der Waals surface area contributed by atoms with Crippen molar-refractivity contribution in [1.82, 2.24) is 15.5 Å². The summed E-state index contributed by atoms with van der Waals surface area (Å²) in [4.78, 5) is 7.00. The van der Waals surface area contributed by atoms with Gasteiger partial charge in [0.25, 0.3) is 0 Å². The first-order chi connectivity index (χ1) is 14.9. The van der Waals surface area contributed by atoms with E-state index in [0.29, 0.717) is 25.6 Å². The molecule has 2 aromatic carbocycles. The van der Waals surface area contributed by atoms with Crippen molar-refractivity contribution in [1.29, 1.82) is 0 Å². The van der Waals surface area contributed by atoms with Gasteiger partial charge in [-0.15, -0.1) is 0 Å². The Kier molecular flexibility index (Phi) is 8.31. The van der Waals surface area contributed by atoms with Crippen LogP contribution >= 0.6 is 0 Å². The number of benzene rings is 2. The molecule has 1 heterocycles. The molecular formula is C23H29F3N4O. The van der Waals surface area contributed by atoms with E-state index in [1.165, 1.54) is 17.7 Å². The number of alkyl halides is 3. The summed E-state index contributed by atoms with van der Waals surface area (Å²) in [6, 6.07) is 13.5. The van der Waals surface area contributed by atoms with Crippen molar-refractivity contribution in [2.75, 3.05) is 32.8 Å². The average Bonchev–Trinajstić information content (AvgIpc) is 2.76. The number of morpholine rings is 1. The second-order valence-corrected chi connectivity index (χ2v) is 7.45. The van der Waals surface area contributed by atoms with Crippen LogP contribution < -0.4 is 10.6 Å². The first kappa shape index (κ1) is 23.1. The van der Waals surface area contributed by atoms with Crippen LogP contribution in [0.3, 0.4) is 0 Å². The summed E-state index contributed by atoms with van der Waals surface area (Å²) in [6.07, 6.45) is -4.32. The number of ether oxygens (including phenoxy) is 1. The number of hydrogen-bond acceptors (Lipinski definition) is 3. The van der Waals surface area contributed by atoms with Gasteiger partial charge in [-0.2, -0.15) is 13.2 Å². The summed E-state index contributed by atoms with van der Waals surface area (Å²) in [5.41, 5.74) is 2.47. The average molecular weight is 435 g/mol. The van der Waals surface area contributed by atoms with Gasteiger partial charge in [0, 0.05) is 32.7 Å². The van der Waals surface area contributed by atoms with Gasteiger partial charge in [-0.3, -0.25) is 4.90 Å². The van der Waals surface area contributed by atoms with Crippen molar-refractivity contribution in [2.45, 2.75) is 32.7 Å². The highest BCUT2D eigenvalue weighted by atomic mass is 19.4. The fourth-order valence-corrected chi connectivity index (χ4v) is 3.35. The predicted molar refractivity (Wildman–Crippen MR) is 116 cm³/mol. The van der Waals surface area contributed by atoms with Crippen LogP contribution in [-0.4, -0.2) is 43.7 Å². The molecule has 2 aromatic rings. The third-order valence-corrected chi connectivity index (χ3v) is 5.01. The van der Waals surface area contributed by atoms with E-state index in [9.17, 15) is 13.2 Å². The maximum atomic E-state index is 12.7. The number of hydrogen-bond donors (Lipinski definition) is 2. The molecule has 0 spiro atoms. The smallest absolute Gasteiger partial charge is 0.379 e. The highest BCUT2D eigenvalue weighted by Gasteiger charge is 2.29. The summed E-state index contributed by atoms with van der Waals surface area (Å²) in [6.45, 7) is 7.91. The lowest BCUT2D eigenvalue weighted by atomic mass is 10.1. The molecule has 3 rings (SSSR count). The summed E-state index contributed by atoms with van der Waals surface area (Å²) in [7, 11) is 0. The van der Waals surface area contributed by atoms with Crippen LogP contribution in [0.2, 0.25) is 0 Å². The summed E-state index contributed by atoms with van der Waals surface area (Å²) in [5, 5.41) is 6.36. The van der Waals surface area contributed by atoms with Gasteiger partial charge in [-0.25, -0.2) is 4.99 Å². The lowest BCUT2D eigenvalue weighted by Gasteiger charge is -2.26. The molecule has 0 amide bonds. The topological polar surface area (TPSA) is 48.9 Å². The Morgan fingerprint density at radius 2 is 1.71 bits per heavy atom. The van der Waals surface area contributed by atoms with Gasteiger partial charge in [0.15, 0.2) is 5.96 Å². The van der Waals surface area contributed by atoms with Gasteiger partial charge < -0.3 is 15.4 Å². The normalized spacial score (nSPS) is 15.7. The van der Waals surface area contributed by atoms with Gasteiger partial charge in [0.2, 0.25) is 0 Å². The molecule has 1 aliphatic rings. The molecule has 168 valence electrons. The SMILES string of the molecule is CCNC(=NCc1cccc(CN2CCOCC2)c1)NCc1ccc(C(F)(F)F)cc1. The first-order valence-electron chi connectivity index (χ1n) is 10.5. The van der Waals surface area contributed by atoms with Crippen molar-refractivity contribution >= 4 is 5.96 Å². The number of halogens is 3. The van der Waals surface area contributed by atoms with E-state index in [0.717, 1.165) is 56.1 Å². The second-order valence-electron chi connectivity index (χ2n) is 7.45. The van der Waals surface area contributed by atoms with Crippen LogP contribution in [0.1, 0.15) is 29.2 Å². The van der Waals surface area contributed by atoms with Gasteiger partial charge in [0.05, 0.1) is 25.3 Å². The Morgan fingerprint density at radius 3 is 2.39 bits per heavy atom. The molecule has 1 saturated heterocycles. The van der Waals surface area contributed by atoms with Crippen molar-refractivity contribution in [2.24, 2.45) is 4.99 Å². The minimum absolute atomic E-state index is 0.390. The number of nitrogens with zero attached hydrogens (tertiary/aromatic N) is 2. The number of aliphatic imine (C=N–C) groups is 1. The third kappa shape index (κ3) is 7.56. The minimum atomic E-state index is -4.32. The zero-order valence-electron chi connectivity index (χ0n) is 17.7. The van der Waals surface area contributed by atoms with Crippen molar-refractivity contribution < 1.29 is 17.9 Å². The van der Waals surface area contributed by atoms with Gasteiger partial charge in [-0.1, -0.05) is 36.4 Å². The number of nitrogens with one attached hydrogen (secondary N) is 2. The molecule has 0 aliphatic carbocycles. The zero-order valence-corrected chi connectivity index (χ0v) is 17.7. The van der Waals surface area contributed by atoms with Gasteiger partial charge in [-0.05, 0) is 35.7 Å². The van der Waals surface area contributed by atoms with E-state index >= 15 is 0 Å². The van der Waals surface area contributed by atoms with Gasteiger partial charge in [0.1, 0.15) is 0 Å². The molecule has 8 heteroatoms. The Morgan fingerprint density at radius 1 is 1.00 bits per heavy atom. The monoisotopic (exact) mass is 434 g/mol. The molecule has 0 aromatic heterocycles. The quantitative estimate of drug-likeness (QED) is 0.514. The van der Waals surface area contributed by atoms with Gasteiger partial charge >= 0.3 is 6.18 Å². The van der Waals surface area contributed by atoms with E-state index < -0.39 is 11.7 Å². The number of rotatable bonds is 7. The molecule has 0 bridgehead atoms. The van der Waals surface area contributed by atoms with Crippen LogP contribution in [0.4, 0.5) is 13.2 Å². The molecule has 2 N–H and O–H groups in total. The third-order valence-electron chi connectivity index (χ3n) is 5.01. The lowest BCUT2D eigenvalue weighted by molar-refractivity contribution is -0.137. The number of guanidine groups is 1. The molecule has 31 heavy (non-hydrogen) atoms. The highest BCUT2D eigenvalue weighted by molar-refractivity contribution is 5.79. The Labute approximate surface area is 181 Å². The second kappa shape index (κ2) is 11.2. The van der Waals surface area contributed by atoms with Crippen LogP contribution in [-0.2, 0) is 30.5 Å². The molecule has 1 aliphatic heterocycles. The van der Waals surface area contributed by atoms with E-state index in [2.05, 4.69) is 32.7 Å². The largest absolute Gasteiger partial charge is 0.416 e. The maximum Gasteiger partial charge on any atom is 0.416 e. The first-order valence-corrected chi connectivity index (χ1v) is 10.5. The van der Waals surface area contributed by atoms with E-state index in [4.69, 9.17) is 4.74 Å². The zero-order chi connectivity index (χ0) is 22.1. The molecule has 5 nitrogen and oxygen atoms in total. The van der Waals surface area contributed by atoms with Crippen molar-refractivity contribution in [3.05, 3.63) is 70.8 Å². The summed E-state index contributed by atoms with van der Waals surface area (Å²) in [5.74, 6) is 0.626. The highest BCUT2D eigenvalue weighted by Crippen LogP contribution is 2.29. The van der Waals surface area contributed by atoms with E-state index in [1.807, 2.05) is 19.1 Å². The molecular weight excluding hydrogens is 405 g/mol. The fraction of sp³-hybridized carbons (Fsp3) is 0.435. The lowest BCUT2D eigenvalue weighted by Crippen LogP contribution is -2.36. The fourth-order valence-electron chi connectivity index (χ4n) is 3.35. The van der Waals surface area contributed by atoms with E-state index in [-0.39, 0.29) is 0 Å². The Bertz CT molecular complexity index is 847. The van der Waals surface area contributed by atoms with Crippen LogP contribution in [0.15, 0.2) is 53.5 Å². The van der Waals surface area contributed by atoms with Crippen molar-refractivity contribution in [3.63, 3.8) is 0 Å².